The molecule has 1 spiro atoms. The molecule has 0 bridgehead atoms. The van der Waals surface area contributed by atoms with E-state index >= 15 is 0 Å². The molecule has 0 unspecified atom stereocenters. The topological polar surface area (TPSA) is 59.8 Å². The van der Waals surface area contributed by atoms with E-state index in [4.69, 9.17) is 4.74 Å². The van der Waals surface area contributed by atoms with Gasteiger partial charge in [-0.15, -0.1) is 0 Å². The lowest BCUT2D eigenvalue weighted by molar-refractivity contribution is 0.0172. The van der Waals surface area contributed by atoms with Gasteiger partial charge in [0.05, 0.1) is 30.4 Å². The lowest BCUT2D eigenvalue weighted by atomic mass is 9.68. The molecule has 0 atom stereocenters. The van der Waals surface area contributed by atoms with Crippen LogP contribution in [0, 0.1) is 17.2 Å². The molecule has 0 N–H and O–H groups in total. The van der Waals surface area contributed by atoms with Crippen molar-refractivity contribution in [3.63, 3.8) is 0 Å². The van der Waals surface area contributed by atoms with Crippen LogP contribution >= 0.6 is 0 Å². The zero-order valence-electron chi connectivity index (χ0n) is 21.2. The van der Waals surface area contributed by atoms with Crippen LogP contribution in [0.3, 0.4) is 0 Å². The SMILES string of the molecule is COc1ccc(N2CC3(CCC(c4ccccc4)(N(C)C)CC3)N(CC3CCC3)C2=O)c(C#N)c1. The van der Waals surface area contributed by atoms with E-state index in [1.54, 1.807) is 13.2 Å². The number of nitriles is 1. The number of hydrogen-bond donors (Lipinski definition) is 0. The summed E-state index contributed by atoms with van der Waals surface area (Å²) in [5.74, 6) is 1.23. The smallest absolute Gasteiger partial charge is 0.325 e. The van der Waals surface area contributed by atoms with Crippen LogP contribution in [-0.4, -0.2) is 55.7 Å². The number of benzene rings is 2. The molecule has 0 radical (unpaired) electrons. The van der Waals surface area contributed by atoms with Crippen molar-refractivity contribution < 1.29 is 9.53 Å². The summed E-state index contributed by atoms with van der Waals surface area (Å²) in [6.07, 6.45) is 7.58. The Morgan fingerprint density at radius 3 is 2.37 bits per heavy atom. The third kappa shape index (κ3) is 3.96. The molecule has 1 saturated heterocycles. The second kappa shape index (κ2) is 9.20. The summed E-state index contributed by atoms with van der Waals surface area (Å²) < 4.78 is 5.32. The summed E-state index contributed by atoms with van der Waals surface area (Å²) in [6, 6.07) is 18.6. The average molecular weight is 473 g/mol. The van der Waals surface area contributed by atoms with Gasteiger partial charge in [-0.3, -0.25) is 9.80 Å². The fraction of sp³-hybridized carbons (Fsp3) is 0.517. The summed E-state index contributed by atoms with van der Waals surface area (Å²) >= 11 is 0. The van der Waals surface area contributed by atoms with Crippen molar-refractivity contribution in [2.75, 3.05) is 39.2 Å². The second-order valence-corrected chi connectivity index (χ2v) is 10.8. The van der Waals surface area contributed by atoms with Gasteiger partial charge in [-0.25, -0.2) is 4.79 Å². The summed E-state index contributed by atoms with van der Waals surface area (Å²) in [5, 5.41) is 9.84. The Labute approximate surface area is 209 Å². The number of urea groups is 1. The first kappa shape index (κ1) is 23.7. The first-order valence-corrected chi connectivity index (χ1v) is 12.8. The monoisotopic (exact) mass is 472 g/mol. The van der Waals surface area contributed by atoms with Crippen LogP contribution in [0.15, 0.2) is 48.5 Å². The lowest BCUT2D eigenvalue weighted by Crippen LogP contribution is -2.56. The summed E-state index contributed by atoms with van der Waals surface area (Å²) in [6.45, 7) is 1.46. The van der Waals surface area contributed by atoms with E-state index in [1.807, 2.05) is 17.0 Å². The van der Waals surface area contributed by atoms with E-state index in [2.05, 4.69) is 60.3 Å². The van der Waals surface area contributed by atoms with Crippen LogP contribution in [-0.2, 0) is 5.54 Å². The van der Waals surface area contributed by atoms with Crippen LogP contribution < -0.4 is 9.64 Å². The Morgan fingerprint density at radius 2 is 1.80 bits per heavy atom. The van der Waals surface area contributed by atoms with E-state index in [-0.39, 0.29) is 17.1 Å². The highest BCUT2D eigenvalue weighted by Gasteiger charge is 2.55. The molecular weight excluding hydrogens is 436 g/mol. The van der Waals surface area contributed by atoms with Crippen molar-refractivity contribution in [2.24, 2.45) is 5.92 Å². The standard InChI is InChI=1S/C29H36N4O2/c1-31(2)29(24-10-5-4-6-11-24)16-14-28(15-17-29)21-32(27(34)33(28)20-22-8-7-9-22)26-13-12-25(35-3)18-23(26)19-30/h4-6,10-13,18,22H,7-9,14-17,20-21H2,1-3H3. The lowest BCUT2D eigenvalue weighted by Gasteiger charge is -2.51. The zero-order chi connectivity index (χ0) is 24.6. The van der Waals surface area contributed by atoms with Crippen molar-refractivity contribution in [1.29, 1.82) is 5.26 Å². The molecule has 3 aliphatic rings. The Hall–Kier alpha value is -3.04. The molecule has 2 aromatic rings. The van der Waals surface area contributed by atoms with Gasteiger partial charge in [0.2, 0.25) is 0 Å². The average Bonchev–Trinajstić information content (AvgIpc) is 3.12. The largest absolute Gasteiger partial charge is 0.497 e. The summed E-state index contributed by atoms with van der Waals surface area (Å²) in [7, 11) is 5.96. The van der Waals surface area contributed by atoms with E-state index in [9.17, 15) is 10.1 Å². The van der Waals surface area contributed by atoms with Gasteiger partial charge in [0, 0.05) is 12.1 Å². The van der Waals surface area contributed by atoms with Crippen molar-refractivity contribution in [3.8, 4) is 11.8 Å². The number of carbonyl (C=O) groups excluding carboxylic acids is 1. The molecule has 184 valence electrons. The van der Waals surface area contributed by atoms with Gasteiger partial charge in [-0.1, -0.05) is 36.8 Å². The molecule has 6 nitrogen and oxygen atoms in total. The first-order valence-electron chi connectivity index (χ1n) is 12.8. The maximum Gasteiger partial charge on any atom is 0.325 e. The second-order valence-electron chi connectivity index (χ2n) is 10.8. The third-order valence-corrected chi connectivity index (χ3v) is 8.94. The molecule has 2 amide bonds. The van der Waals surface area contributed by atoms with E-state index < -0.39 is 0 Å². The number of hydrogen-bond acceptors (Lipinski definition) is 4. The number of ether oxygens (including phenoxy) is 1. The summed E-state index contributed by atoms with van der Waals surface area (Å²) in [4.78, 5) is 20.4. The molecule has 1 aliphatic heterocycles. The predicted molar refractivity (Wildman–Crippen MR) is 138 cm³/mol. The van der Waals surface area contributed by atoms with Gasteiger partial charge in [-0.05, 0) is 82.3 Å². The van der Waals surface area contributed by atoms with Crippen molar-refractivity contribution in [2.45, 2.75) is 56.0 Å². The van der Waals surface area contributed by atoms with Crippen LogP contribution in [0.1, 0.15) is 56.1 Å². The molecule has 0 aromatic heterocycles. The highest BCUT2D eigenvalue weighted by Crippen LogP contribution is 2.50. The quantitative estimate of drug-likeness (QED) is 0.566. The van der Waals surface area contributed by atoms with Gasteiger partial charge in [0.25, 0.3) is 0 Å². The molecule has 3 fully saturated rings. The maximum absolute atomic E-state index is 13.9. The first-order chi connectivity index (χ1) is 16.9. The van der Waals surface area contributed by atoms with Gasteiger partial charge >= 0.3 is 6.03 Å². The zero-order valence-corrected chi connectivity index (χ0v) is 21.2. The fourth-order valence-electron chi connectivity index (χ4n) is 6.46. The van der Waals surface area contributed by atoms with E-state index in [0.717, 1.165) is 32.2 Å². The van der Waals surface area contributed by atoms with Crippen molar-refractivity contribution in [3.05, 3.63) is 59.7 Å². The Morgan fingerprint density at radius 1 is 1.09 bits per heavy atom. The van der Waals surface area contributed by atoms with Gasteiger partial charge in [-0.2, -0.15) is 5.26 Å². The molecule has 2 aliphatic carbocycles. The Balaban J connectivity index is 1.48. The highest BCUT2D eigenvalue weighted by molar-refractivity contribution is 5.97. The third-order valence-electron chi connectivity index (χ3n) is 8.94. The molecule has 2 aromatic carbocycles. The van der Waals surface area contributed by atoms with E-state index in [0.29, 0.717) is 29.5 Å². The number of carbonyl (C=O) groups is 1. The number of anilines is 1. The highest BCUT2D eigenvalue weighted by atomic mass is 16.5. The molecule has 2 saturated carbocycles. The predicted octanol–water partition coefficient (Wildman–Crippen LogP) is 5.38. The molecule has 1 heterocycles. The number of methoxy groups -OCH3 is 1. The van der Waals surface area contributed by atoms with Crippen LogP contribution in [0.5, 0.6) is 5.75 Å². The molecule has 35 heavy (non-hydrogen) atoms. The summed E-state index contributed by atoms with van der Waals surface area (Å²) in [5.41, 5.74) is 2.31. The Kier molecular flexibility index (Phi) is 6.23. The van der Waals surface area contributed by atoms with Crippen molar-refractivity contribution in [1.82, 2.24) is 9.80 Å². The maximum atomic E-state index is 13.9. The van der Waals surface area contributed by atoms with Crippen LogP contribution in [0.25, 0.3) is 0 Å². The Bertz CT molecular complexity index is 1110. The fourth-order valence-corrected chi connectivity index (χ4v) is 6.46. The van der Waals surface area contributed by atoms with E-state index in [1.165, 1.54) is 24.8 Å². The molecule has 6 heteroatoms. The molecule has 5 rings (SSSR count). The number of nitrogens with zero attached hydrogens (tertiary/aromatic N) is 4. The minimum atomic E-state index is -0.201. The minimum absolute atomic E-state index is 0.0248. The van der Waals surface area contributed by atoms with Gasteiger partial charge in [0.1, 0.15) is 11.8 Å². The molecular formula is C29H36N4O2. The van der Waals surface area contributed by atoms with Crippen LogP contribution in [0.2, 0.25) is 0 Å². The van der Waals surface area contributed by atoms with Crippen molar-refractivity contribution >= 4 is 11.7 Å². The number of amides is 2. The van der Waals surface area contributed by atoms with Gasteiger partial charge in [0.15, 0.2) is 0 Å². The minimum Gasteiger partial charge on any atom is -0.497 e. The van der Waals surface area contributed by atoms with Gasteiger partial charge < -0.3 is 9.64 Å². The number of rotatable bonds is 6. The normalized spacial score (nSPS) is 26.8. The van der Waals surface area contributed by atoms with Crippen LogP contribution in [0.4, 0.5) is 10.5 Å².